The van der Waals surface area contributed by atoms with Crippen molar-refractivity contribution >= 4 is 28.7 Å². The lowest BCUT2D eigenvalue weighted by Gasteiger charge is -2.33. The minimum absolute atomic E-state index is 0.357. The second-order valence-corrected chi connectivity index (χ2v) is 8.48. The molecule has 4 nitrogen and oxygen atoms in total. The number of fused-ring (bicyclic) bond motifs is 1. The first-order chi connectivity index (χ1) is 14.5. The predicted molar refractivity (Wildman–Crippen MR) is 132 cm³/mol. The Morgan fingerprint density at radius 3 is 2.63 bits per heavy atom. The summed E-state index contributed by atoms with van der Waals surface area (Å²) in [6, 6.07) is 15.2. The molecule has 0 aliphatic carbocycles. The molecule has 1 aliphatic rings. The molecular weight excluding hydrogens is 390 g/mol. The molecule has 0 radical (unpaired) electrons. The van der Waals surface area contributed by atoms with E-state index in [1.165, 1.54) is 42.6 Å². The molecule has 1 aliphatic heterocycles. The van der Waals surface area contributed by atoms with Crippen LogP contribution < -0.4 is 15.0 Å². The fourth-order valence-electron chi connectivity index (χ4n) is 4.04. The third kappa shape index (κ3) is 5.45. The summed E-state index contributed by atoms with van der Waals surface area (Å²) in [5.41, 5.74) is 5.20. The number of ether oxygens (including phenoxy) is 1. The van der Waals surface area contributed by atoms with Crippen LogP contribution in [0, 0.1) is 0 Å². The Labute approximate surface area is 187 Å². The van der Waals surface area contributed by atoms with Gasteiger partial charge in [-0.05, 0) is 86.3 Å². The molecule has 1 atom stereocenters. The Bertz CT molecular complexity index is 837. The molecule has 1 heterocycles. The zero-order valence-corrected chi connectivity index (χ0v) is 19.6. The average molecular weight is 426 g/mol. The monoisotopic (exact) mass is 425 g/mol. The SMILES string of the molecule is CCCN1CCCc2cc(CN(C(=S)Nc3ccc(OC)cc3)C(C)CC)ccc21. The van der Waals surface area contributed by atoms with E-state index in [4.69, 9.17) is 17.0 Å². The molecule has 162 valence electrons. The number of hydrogen-bond acceptors (Lipinski definition) is 3. The highest BCUT2D eigenvalue weighted by molar-refractivity contribution is 7.80. The van der Waals surface area contributed by atoms with Crippen molar-refractivity contribution in [2.75, 3.05) is 30.4 Å². The van der Waals surface area contributed by atoms with Gasteiger partial charge in [0.15, 0.2) is 5.11 Å². The molecular formula is C25H35N3OS. The molecule has 0 bridgehead atoms. The van der Waals surface area contributed by atoms with E-state index >= 15 is 0 Å². The number of benzene rings is 2. The van der Waals surface area contributed by atoms with Crippen LogP contribution in [0.5, 0.6) is 5.75 Å². The Kier molecular flexibility index (Phi) is 7.97. The highest BCUT2D eigenvalue weighted by Gasteiger charge is 2.20. The molecule has 0 saturated carbocycles. The Morgan fingerprint density at radius 2 is 1.97 bits per heavy atom. The van der Waals surface area contributed by atoms with Crippen molar-refractivity contribution < 1.29 is 4.74 Å². The van der Waals surface area contributed by atoms with Gasteiger partial charge in [0.25, 0.3) is 0 Å². The molecule has 0 spiro atoms. The summed E-state index contributed by atoms with van der Waals surface area (Å²) in [6.45, 7) is 9.84. The Balaban J connectivity index is 1.75. The summed E-state index contributed by atoms with van der Waals surface area (Å²) in [5, 5.41) is 4.17. The maximum absolute atomic E-state index is 5.81. The molecule has 2 aromatic rings. The van der Waals surface area contributed by atoms with E-state index in [1.54, 1.807) is 7.11 Å². The minimum Gasteiger partial charge on any atom is -0.497 e. The maximum atomic E-state index is 5.81. The summed E-state index contributed by atoms with van der Waals surface area (Å²) < 4.78 is 5.25. The molecule has 30 heavy (non-hydrogen) atoms. The number of anilines is 2. The zero-order valence-electron chi connectivity index (χ0n) is 18.8. The van der Waals surface area contributed by atoms with Gasteiger partial charge in [-0.25, -0.2) is 0 Å². The summed E-state index contributed by atoms with van der Waals surface area (Å²) in [6.07, 6.45) is 4.64. The van der Waals surface area contributed by atoms with Crippen LogP contribution in [-0.2, 0) is 13.0 Å². The second-order valence-electron chi connectivity index (χ2n) is 8.10. The predicted octanol–water partition coefficient (Wildman–Crippen LogP) is 5.86. The Hall–Kier alpha value is -2.27. The fraction of sp³-hybridized carbons (Fsp3) is 0.480. The third-order valence-corrected chi connectivity index (χ3v) is 6.27. The second kappa shape index (κ2) is 10.7. The molecule has 0 aromatic heterocycles. The van der Waals surface area contributed by atoms with Crippen LogP contribution in [-0.4, -0.2) is 36.3 Å². The molecule has 0 saturated heterocycles. The van der Waals surface area contributed by atoms with E-state index in [-0.39, 0.29) is 0 Å². The van der Waals surface area contributed by atoms with Gasteiger partial charge in [-0.3, -0.25) is 0 Å². The van der Waals surface area contributed by atoms with Crippen molar-refractivity contribution in [1.29, 1.82) is 0 Å². The molecule has 1 unspecified atom stereocenters. The zero-order chi connectivity index (χ0) is 21.5. The van der Waals surface area contributed by atoms with Gasteiger partial charge in [0, 0.05) is 37.1 Å². The summed E-state index contributed by atoms with van der Waals surface area (Å²) in [4.78, 5) is 4.83. The number of methoxy groups -OCH3 is 1. The van der Waals surface area contributed by atoms with Gasteiger partial charge < -0.3 is 19.9 Å². The fourth-order valence-corrected chi connectivity index (χ4v) is 4.41. The average Bonchev–Trinajstić information content (AvgIpc) is 2.77. The van der Waals surface area contributed by atoms with Crippen LogP contribution in [0.3, 0.4) is 0 Å². The number of nitrogens with zero attached hydrogens (tertiary/aromatic N) is 2. The lowest BCUT2D eigenvalue weighted by Crippen LogP contribution is -2.40. The summed E-state index contributed by atoms with van der Waals surface area (Å²) in [7, 11) is 1.68. The van der Waals surface area contributed by atoms with Gasteiger partial charge in [0.2, 0.25) is 0 Å². The Morgan fingerprint density at radius 1 is 1.20 bits per heavy atom. The first kappa shape index (κ1) is 22.4. The van der Waals surface area contributed by atoms with E-state index in [9.17, 15) is 0 Å². The topological polar surface area (TPSA) is 27.7 Å². The standard InChI is InChI=1S/C25H35N3OS/c1-5-15-27-16-7-8-21-17-20(9-14-24(21)27)18-28(19(3)6-2)25(30)26-22-10-12-23(29-4)13-11-22/h9-14,17,19H,5-8,15-16,18H2,1-4H3,(H,26,30). The smallest absolute Gasteiger partial charge is 0.173 e. The first-order valence-corrected chi connectivity index (χ1v) is 11.5. The lowest BCUT2D eigenvalue weighted by molar-refractivity contribution is 0.319. The minimum atomic E-state index is 0.357. The van der Waals surface area contributed by atoms with Crippen molar-refractivity contribution in [3.8, 4) is 5.75 Å². The van der Waals surface area contributed by atoms with E-state index in [0.29, 0.717) is 6.04 Å². The molecule has 3 rings (SSSR count). The van der Waals surface area contributed by atoms with E-state index in [1.807, 2.05) is 24.3 Å². The summed E-state index contributed by atoms with van der Waals surface area (Å²) >= 11 is 5.81. The largest absolute Gasteiger partial charge is 0.497 e. The van der Waals surface area contributed by atoms with Gasteiger partial charge in [0.05, 0.1) is 7.11 Å². The van der Waals surface area contributed by atoms with Crippen LogP contribution in [0.25, 0.3) is 0 Å². The van der Waals surface area contributed by atoms with Crippen LogP contribution in [0.4, 0.5) is 11.4 Å². The number of nitrogens with one attached hydrogen (secondary N) is 1. The van der Waals surface area contributed by atoms with E-state index in [2.05, 4.69) is 54.1 Å². The van der Waals surface area contributed by atoms with Gasteiger partial charge in [-0.1, -0.05) is 26.0 Å². The van der Waals surface area contributed by atoms with Gasteiger partial charge in [0.1, 0.15) is 5.75 Å². The van der Waals surface area contributed by atoms with E-state index in [0.717, 1.165) is 36.1 Å². The first-order valence-electron chi connectivity index (χ1n) is 11.1. The van der Waals surface area contributed by atoms with Gasteiger partial charge in [-0.2, -0.15) is 0 Å². The van der Waals surface area contributed by atoms with Crippen LogP contribution in [0.2, 0.25) is 0 Å². The van der Waals surface area contributed by atoms with Gasteiger partial charge in [-0.15, -0.1) is 0 Å². The van der Waals surface area contributed by atoms with Crippen molar-refractivity contribution in [3.63, 3.8) is 0 Å². The van der Waals surface area contributed by atoms with Crippen molar-refractivity contribution in [2.24, 2.45) is 0 Å². The van der Waals surface area contributed by atoms with Crippen LogP contribution in [0.1, 0.15) is 51.2 Å². The highest BCUT2D eigenvalue weighted by atomic mass is 32.1. The van der Waals surface area contributed by atoms with Crippen molar-refractivity contribution in [2.45, 2.75) is 59.0 Å². The molecule has 5 heteroatoms. The quantitative estimate of drug-likeness (QED) is 0.535. The lowest BCUT2D eigenvalue weighted by atomic mass is 9.98. The number of aryl methyl sites for hydroxylation is 1. The molecule has 0 amide bonds. The highest BCUT2D eigenvalue weighted by Crippen LogP contribution is 2.29. The third-order valence-electron chi connectivity index (χ3n) is 5.93. The van der Waals surface area contributed by atoms with Gasteiger partial charge >= 0.3 is 0 Å². The maximum Gasteiger partial charge on any atom is 0.173 e. The molecule has 1 N–H and O–H groups in total. The van der Waals surface area contributed by atoms with Crippen LogP contribution in [0.15, 0.2) is 42.5 Å². The normalized spacial score (nSPS) is 14.1. The van der Waals surface area contributed by atoms with Crippen LogP contribution >= 0.6 is 12.2 Å². The van der Waals surface area contributed by atoms with E-state index < -0.39 is 0 Å². The summed E-state index contributed by atoms with van der Waals surface area (Å²) in [5.74, 6) is 0.844. The number of thiocarbonyl (C=S) groups is 1. The van der Waals surface area contributed by atoms with Crippen molar-refractivity contribution in [1.82, 2.24) is 4.90 Å². The molecule has 2 aromatic carbocycles. The number of hydrogen-bond donors (Lipinski definition) is 1. The molecule has 0 fully saturated rings. The number of rotatable bonds is 8. The van der Waals surface area contributed by atoms with Crippen molar-refractivity contribution in [3.05, 3.63) is 53.6 Å².